The van der Waals surface area contributed by atoms with E-state index in [2.05, 4.69) is 38.4 Å². The van der Waals surface area contributed by atoms with Crippen molar-refractivity contribution in [1.82, 2.24) is 15.0 Å². The van der Waals surface area contributed by atoms with Crippen molar-refractivity contribution in [3.8, 4) is 0 Å². The van der Waals surface area contributed by atoms with Gasteiger partial charge in [0.05, 0.1) is 12.2 Å². The van der Waals surface area contributed by atoms with Gasteiger partial charge in [0.1, 0.15) is 0 Å². The number of aryl methyl sites for hydroxylation is 1. The maximum absolute atomic E-state index is 5.46. The summed E-state index contributed by atoms with van der Waals surface area (Å²) in [4.78, 5) is 0. The molecule has 0 bridgehead atoms. The van der Waals surface area contributed by atoms with Crippen molar-refractivity contribution in [3.05, 3.63) is 46.2 Å². The number of hydrogen-bond acceptors (Lipinski definition) is 3. The molecule has 2 aromatic rings. The summed E-state index contributed by atoms with van der Waals surface area (Å²) in [6.07, 6.45) is 3.83. The second-order valence-electron chi connectivity index (χ2n) is 3.93. The molecule has 1 heterocycles. The summed E-state index contributed by atoms with van der Waals surface area (Å²) in [5.74, 6) is 0. The number of hydrogen-bond donors (Lipinski definition) is 1. The van der Waals surface area contributed by atoms with E-state index in [0.717, 1.165) is 29.6 Å². The van der Waals surface area contributed by atoms with Gasteiger partial charge < -0.3 is 5.73 Å². The largest absolute Gasteiger partial charge is 0.330 e. The average Bonchev–Trinajstić information content (AvgIpc) is 2.74. The summed E-state index contributed by atoms with van der Waals surface area (Å²) >= 11 is 3.46. The highest BCUT2D eigenvalue weighted by atomic mass is 79.9. The number of benzene rings is 1. The predicted octanol–water partition coefficient (Wildman–Crippen LogP) is 1.98. The minimum Gasteiger partial charge on any atom is -0.330 e. The molecular formula is C12H15BrN4. The smallest absolute Gasteiger partial charge is 0.0827 e. The van der Waals surface area contributed by atoms with Crippen LogP contribution in [0.4, 0.5) is 0 Å². The Kier molecular flexibility index (Phi) is 4.28. The van der Waals surface area contributed by atoms with Crippen LogP contribution in [0.3, 0.4) is 0 Å². The molecule has 0 saturated carbocycles. The Morgan fingerprint density at radius 2 is 2.24 bits per heavy atom. The van der Waals surface area contributed by atoms with E-state index in [4.69, 9.17) is 5.73 Å². The fraction of sp³-hybridized carbons (Fsp3) is 0.333. The first-order valence-corrected chi connectivity index (χ1v) is 6.41. The fourth-order valence-electron chi connectivity index (χ4n) is 1.64. The zero-order valence-corrected chi connectivity index (χ0v) is 11.1. The standard InChI is InChI=1S/C12H15BrN4/c13-11-4-1-3-10(7-11)8-17-9-12(15-16-17)5-2-6-14/h1,3-4,7,9H,2,5-6,8,14H2. The summed E-state index contributed by atoms with van der Waals surface area (Å²) in [6, 6.07) is 8.19. The Labute approximate surface area is 109 Å². The molecule has 0 unspecified atom stereocenters. The Bertz CT molecular complexity index is 481. The lowest BCUT2D eigenvalue weighted by Gasteiger charge is -2.01. The number of nitrogens with zero attached hydrogens (tertiary/aromatic N) is 3. The van der Waals surface area contributed by atoms with E-state index in [1.54, 1.807) is 0 Å². The van der Waals surface area contributed by atoms with E-state index < -0.39 is 0 Å². The van der Waals surface area contributed by atoms with Crippen LogP contribution in [0.25, 0.3) is 0 Å². The summed E-state index contributed by atoms with van der Waals surface area (Å²) in [7, 11) is 0. The minimum absolute atomic E-state index is 0.693. The first-order chi connectivity index (χ1) is 8.28. The van der Waals surface area contributed by atoms with E-state index in [9.17, 15) is 0 Å². The molecule has 0 spiro atoms. The highest BCUT2D eigenvalue weighted by Gasteiger charge is 2.01. The highest BCUT2D eigenvalue weighted by Crippen LogP contribution is 2.12. The van der Waals surface area contributed by atoms with E-state index >= 15 is 0 Å². The van der Waals surface area contributed by atoms with Crippen molar-refractivity contribution in [3.63, 3.8) is 0 Å². The van der Waals surface area contributed by atoms with Crippen molar-refractivity contribution in [2.24, 2.45) is 5.73 Å². The monoisotopic (exact) mass is 294 g/mol. The van der Waals surface area contributed by atoms with E-state index in [-0.39, 0.29) is 0 Å². The molecule has 5 heteroatoms. The highest BCUT2D eigenvalue weighted by molar-refractivity contribution is 9.10. The maximum atomic E-state index is 5.46. The van der Waals surface area contributed by atoms with Crippen molar-refractivity contribution >= 4 is 15.9 Å². The van der Waals surface area contributed by atoms with Crippen LogP contribution < -0.4 is 5.73 Å². The van der Waals surface area contributed by atoms with Gasteiger partial charge in [-0.1, -0.05) is 33.3 Å². The van der Waals surface area contributed by atoms with Crippen LogP contribution in [-0.4, -0.2) is 21.5 Å². The summed E-state index contributed by atoms with van der Waals surface area (Å²) in [5, 5.41) is 8.22. The predicted molar refractivity (Wildman–Crippen MR) is 70.6 cm³/mol. The normalized spacial score (nSPS) is 10.7. The quantitative estimate of drug-likeness (QED) is 0.917. The lowest BCUT2D eigenvalue weighted by Crippen LogP contribution is -2.01. The second-order valence-corrected chi connectivity index (χ2v) is 4.85. The van der Waals surface area contributed by atoms with Gasteiger partial charge in [-0.05, 0) is 37.1 Å². The lowest BCUT2D eigenvalue weighted by atomic mass is 10.2. The van der Waals surface area contributed by atoms with Gasteiger partial charge in [0.15, 0.2) is 0 Å². The molecule has 4 nitrogen and oxygen atoms in total. The Morgan fingerprint density at radius 3 is 3.00 bits per heavy atom. The van der Waals surface area contributed by atoms with E-state index in [1.807, 2.05) is 23.0 Å². The van der Waals surface area contributed by atoms with Gasteiger partial charge in [0.2, 0.25) is 0 Å². The Morgan fingerprint density at radius 1 is 1.35 bits per heavy atom. The molecule has 2 rings (SSSR count). The van der Waals surface area contributed by atoms with Gasteiger partial charge in [-0.15, -0.1) is 5.10 Å². The molecule has 17 heavy (non-hydrogen) atoms. The molecule has 0 saturated heterocycles. The molecule has 0 aliphatic heterocycles. The number of halogens is 1. The molecular weight excluding hydrogens is 280 g/mol. The van der Waals surface area contributed by atoms with E-state index in [1.165, 1.54) is 5.56 Å². The van der Waals surface area contributed by atoms with Crippen LogP contribution in [0.1, 0.15) is 17.7 Å². The topological polar surface area (TPSA) is 56.7 Å². The van der Waals surface area contributed by atoms with Crippen molar-refractivity contribution in [1.29, 1.82) is 0 Å². The minimum atomic E-state index is 0.693. The van der Waals surface area contributed by atoms with Crippen molar-refractivity contribution in [2.75, 3.05) is 6.54 Å². The second kappa shape index (κ2) is 5.93. The third-order valence-corrected chi connectivity index (χ3v) is 2.95. The van der Waals surface area contributed by atoms with Crippen LogP contribution >= 0.6 is 15.9 Å². The van der Waals surface area contributed by atoms with Gasteiger partial charge in [-0.25, -0.2) is 4.68 Å². The zero-order valence-electron chi connectivity index (χ0n) is 9.51. The third-order valence-electron chi connectivity index (χ3n) is 2.46. The molecule has 0 aliphatic rings. The van der Waals surface area contributed by atoms with Crippen LogP contribution in [0, 0.1) is 0 Å². The first-order valence-electron chi connectivity index (χ1n) is 5.61. The van der Waals surface area contributed by atoms with Crippen LogP contribution in [-0.2, 0) is 13.0 Å². The molecule has 0 aliphatic carbocycles. The fourth-order valence-corrected chi connectivity index (χ4v) is 2.08. The first kappa shape index (κ1) is 12.3. The number of aromatic nitrogens is 3. The Hall–Kier alpha value is -1.20. The SMILES string of the molecule is NCCCc1cn(Cc2cccc(Br)c2)nn1. The Balaban J connectivity index is 2.01. The number of rotatable bonds is 5. The molecule has 0 amide bonds. The molecule has 0 atom stereocenters. The van der Waals surface area contributed by atoms with Gasteiger partial charge in [0.25, 0.3) is 0 Å². The van der Waals surface area contributed by atoms with Gasteiger partial charge in [-0.2, -0.15) is 0 Å². The summed E-state index contributed by atoms with van der Waals surface area (Å²) in [5.41, 5.74) is 7.67. The maximum Gasteiger partial charge on any atom is 0.0827 e. The molecule has 1 aromatic carbocycles. The van der Waals surface area contributed by atoms with Gasteiger partial charge >= 0.3 is 0 Å². The summed E-state index contributed by atoms with van der Waals surface area (Å²) < 4.78 is 2.94. The summed E-state index contributed by atoms with van der Waals surface area (Å²) in [6.45, 7) is 1.44. The van der Waals surface area contributed by atoms with Crippen LogP contribution in [0.2, 0.25) is 0 Å². The van der Waals surface area contributed by atoms with Gasteiger partial charge in [0, 0.05) is 10.7 Å². The average molecular weight is 295 g/mol. The molecule has 0 fully saturated rings. The molecule has 0 radical (unpaired) electrons. The van der Waals surface area contributed by atoms with E-state index in [0.29, 0.717) is 6.54 Å². The lowest BCUT2D eigenvalue weighted by molar-refractivity contribution is 0.649. The van der Waals surface area contributed by atoms with Crippen LogP contribution in [0.5, 0.6) is 0 Å². The van der Waals surface area contributed by atoms with Crippen molar-refractivity contribution < 1.29 is 0 Å². The zero-order chi connectivity index (χ0) is 12.1. The number of nitrogens with two attached hydrogens (primary N) is 1. The molecule has 1 aromatic heterocycles. The molecule has 90 valence electrons. The molecule has 2 N–H and O–H groups in total. The van der Waals surface area contributed by atoms with Crippen molar-refractivity contribution in [2.45, 2.75) is 19.4 Å². The third kappa shape index (κ3) is 3.64. The van der Waals surface area contributed by atoms with Crippen LogP contribution in [0.15, 0.2) is 34.9 Å². The van der Waals surface area contributed by atoms with Gasteiger partial charge in [-0.3, -0.25) is 0 Å².